The molecule has 88 valence electrons. The largest absolute Gasteiger partial charge is 0.374 e. The van der Waals surface area contributed by atoms with Crippen LogP contribution in [0.2, 0.25) is 0 Å². The van der Waals surface area contributed by atoms with Crippen LogP contribution in [-0.4, -0.2) is 30.9 Å². The average molecular weight is 224 g/mol. The standard InChI is InChI=1S/C12H17FN2O/c1-8-7-10(13)5-6-11(8)14-9(2)12(16)15(3)4/h5-7,9,14H,1-4H3. The summed E-state index contributed by atoms with van der Waals surface area (Å²) in [5.41, 5.74) is 1.57. The third kappa shape index (κ3) is 2.95. The first-order valence-electron chi connectivity index (χ1n) is 5.15. The number of carbonyl (C=O) groups excluding carboxylic acids is 1. The molecule has 1 aromatic carbocycles. The molecule has 3 nitrogen and oxygen atoms in total. The summed E-state index contributed by atoms with van der Waals surface area (Å²) in [7, 11) is 3.41. The van der Waals surface area contributed by atoms with Crippen molar-refractivity contribution < 1.29 is 9.18 Å². The molecule has 0 aliphatic carbocycles. The first-order chi connectivity index (χ1) is 7.41. The second-order valence-electron chi connectivity index (χ2n) is 4.06. The van der Waals surface area contributed by atoms with E-state index in [-0.39, 0.29) is 17.8 Å². The Labute approximate surface area is 95.3 Å². The fourth-order valence-electron chi connectivity index (χ4n) is 1.47. The van der Waals surface area contributed by atoms with Crippen LogP contribution in [0.5, 0.6) is 0 Å². The van der Waals surface area contributed by atoms with Gasteiger partial charge >= 0.3 is 0 Å². The molecular weight excluding hydrogens is 207 g/mol. The molecule has 0 saturated heterocycles. The predicted molar refractivity (Wildman–Crippen MR) is 62.9 cm³/mol. The van der Waals surface area contributed by atoms with E-state index >= 15 is 0 Å². The first-order valence-corrected chi connectivity index (χ1v) is 5.15. The van der Waals surface area contributed by atoms with Gasteiger partial charge in [-0.3, -0.25) is 4.79 Å². The summed E-state index contributed by atoms with van der Waals surface area (Å²) >= 11 is 0. The molecule has 0 radical (unpaired) electrons. The fraction of sp³-hybridized carbons (Fsp3) is 0.417. The van der Waals surface area contributed by atoms with Crippen molar-refractivity contribution in [1.29, 1.82) is 0 Å². The van der Waals surface area contributed by atoms with Crippen LogP contribution in [0.15, 0.2) is 18.2 Å². The minimum Gasteiger partial charge on any atom is -0.374 e. The second kappa shape index (κ2) is 4.96. The molecule has 0 aliphatic rings. The number of carbonyl (C=O) groups is 1. The first kappa shape index (κ1) is 12.5. The van der Waals surface area contributed by atoms with Gasteiger partial charge in [-0.15, -0.1) is 0 Å². The molecule has 0 heterocycles. The van der Waals surface area contributed by atoms with Gasteiger partial charge in [0.2, 0.25) is 5.91 Å². The average Bonchev–Trinajstić information content (AvgIpc) is 2.20. The molecule has 1 rings (SSSR count). The van der Waals surface area contributed by atoms with E-state index in [1.165, 1.54) is 17.0 Å². The van der Waals surface area contributed by atoms with E-state index in [0.717, 1.165) is 11.3 Å². The van der Waals surface area contributed by atoms with Crippen molar-refractivity contribution in [3.05, 3.63) is 29.6 Å². The molecule has 0 spiro atoms. The van der Waals surface area contributed by atoms with Crippen LogP contribution >= 0.6 is 0 Å². The van der Waals surface area contributed by atoms with Gasteiger partial charge in [0.15, 0.2) is 0 Å². The maximum Gasteiger partial charge on any atom is 0.244 e. The van der Waals surface area contributed by atoms with E-state index in [0.29, 0.717) is 0 Å². The minimum atomic E-state index is -0.320. The normalized spacial score (nSPS) is 12.1. The number of benzene rings is 1. The number of halogens is 1. The molecule has 0 bridgehead atoms. The van der Waals surface area contributed by atoms with E-state index < -0.39 is 0 Å². The van der Waals surface area contributed by atoms with Crippen molar-refractivity contribution >= 4 is 11.6 Å². The highest BCUT2D eigenvalue weighted by molar-refractivity contribution is 5.84. The lowest BCUT2D eigenvalue weighted by atomic mass is 10.1. The highest BCUT2D eigenvalue weighted by Gasteiger charge is 2.15. The van der Waals surface area contributed by atoms with Gasteiger partial charge in [0.05, 0.1) is 0 Å². The third-order valence-electron chi connectivity index (χ3n) is 2.37. The number of nitrogens with zero attached hydrogens (tertiary/aromatic N) is 1. The predicted octanol–water partition coefficient (Wildman–Crippen LogP) is 2.02. The quantitative estimate of drug-likeness (QED) is 0.852. The number of rotatable bonds is 3. The fourth-order valence-corrected chi connectivity index (χ4v) is 1.47. The van der Waals surface area contributed by atoms with Crippen molar-refractivity contribution in [2.75, 3.05) is 19.4 Å². The van der Waals surface area contributed by atoms with Gasteiger partial charge < -0.3 is 10.2 Å². The summed E-state index contributed by atoms with van der Waals surface area (Å²) in [6, 6.07) is 4.14. The van der Waals surface area contributed by atoms with Gasteiger partial charge in [-0.25, -0.2) is 4.39 Å². The number of amides is 1. The molecular formula is C12H17FN2O. The van der Waals surface area contributed by atoms with Crippen molar-refractivity contribution in [1.82, 2.24) is 4.90 Å². The van der Waals surface area contributed by atoms with E-state index in [2.05, 4.69) is 5.32 Å². The maximum absolute atomic E-state index is 12.9. The van der Waals surface area contributed by atoms with Crippen LogP contribution < -0.4 is 5.32 Å². The van der Waals surface area contributed by atoms with Crippen molar-refractivity contribution in [2.24, 2.45) is 0 Å². The summed E-state index contributed by atoms with van der Waals surface area (Å²) in [6.45, 7) is 3.59. The molecule has 0 aliphatic heterocycles. The van der Waals surface area contributed by atoms with Gasteiger partial charge in [0.1, 0.15) is 11.9 Å². The molecule has 1 amide bonds. The van der Waals surface area contributed by atoms with E-state index in [4.69, 9.17) is 0 Å². The number of likely N-dealkylation sites (N-methyl/N-ethyl adjacent to an activating group) is 1. The summed E-state index contributed by atoms with van der Waals surface area (Å²) < 4.78 is 12.9. The summed E-state index contributed by atoms with van der Waals surface area (Å²) in [5, 5.41) is 3.06. The van der Waals surface area contributed by atoms with Crippen molar-refractivity contribution in [3.8, 4) is 0 Å². The molecule has 1 atom stereocenters. The number of aryl methyl sites for hydroxylation is 1. The Morgan fingerprint density at radius 3 is 2.56 bits per heavy atom. The molecule has 1 aromatic rings. The molecule has 0 saturated carbocycles. The van der Waals surface area contributed by atoms with Crippen molar-refractivity contribution in [3.63, 3.8) is 0 Å². The molecule has 16 heavy (non-hydrogen) atoms. The lowest BCUT2D eigenvalue weighted by Crippen LogP contribution is -2.36. The Kier molecular flexibility index (Phi) is 3.88. The molecule has 4 heteroatoms. The zero-order valence-electron chi connectivity index (χ0n) is 10.0. The second-order valence-corrected chi connectivity index (χ2v) is 4.06. The maximum atomic E-state index is 12.9. The van der Waals surface area contributed by atoms with Crippen LogP contribution in [-0.2, 0) is 4.79 Å². The van der Waals surface area contributed by atoms with E-state index in [9.17, 15) is 9.18 Å². The molecule has 1 unspecified atom stereocenters. The Morgan fingerprint density at radius 1 is 1.44 bits per heavy atom. The zero-order valence-corrected chi connectivity index (χ0v) is 10.0. The Morgan fingerprint density at radius 2 is 2.06 bits per heavy atom. The van der Waals surface area contributed by atoms with Gasteiger partial charge in [-0.1, -0.05) is 0 Å². The van der Waals surface area contributed by atoms with E-state index in [1.807, 2.05) is 0 Å². The van der Waals surface area contributed by atoms with Crippen LogP contribution in [0.1, 0.15) is 12.5 Å². The van der Waals surface area contributed by atoms with Gasteiger partial charge in [-0.05, 0) is 37.6 Å². The smallest absolute Gasteiger partial charge is 0.244 e. The Hall–Kier alpha value is -1.58. The highest BCUT2D eigenvalue weighted by Crippen LogP contribution is 2.16. The molecule has 0 fully saturated rings. The Bertz CT molecular complexity index is 391. The number of hydrogen-bond donors (Lipinski definition) is 1. The number of hydrogen-bond acceptors (Lipinski definition) is 2. The van der Waals surface area contributed by atoms with Crippen LogP contribution in [0.3, 0.4) is 0 Å². The van der Waals surface area contributed by atoms with Crippen LogP contribution in [0, 0.1) is 12.7 Å². The lowest BCUT2D eigenvalue weighted by Gasteiger charge is -2.20. The summed E-state index contributed by atoms with van der Waals surface area (Å²) in [4.78, 5) is 13.1. The zero-order chi connectivity index (χ0) is 12.3. The summed E-state index contributed by atoms with van der Waals surface area (Å²) in [6.07, 6.45) is 0. The number of anilines is 1. The van der Waals surface area contributed by atoms with Crippen LogP contribution in [0.4, 0.5) is 10.1 Å². The highest BCUT2D eigenvalue weighted by atomic mass is 19.1. The monoisotopic (exact) mass is 224 g/mol. The van der Waals surface area contributed by atoms with Gasteiger partial charge in [0, 0.05) is 19.8 Å². The van der Waals surface area contributed by atoms with Crippen LogP contribution in [0.25, 0.3) is 0 Å². The van der Waals surface area contributed by atoms with Gasteiger partial charge in [-0.2, -0.15) is 0 Å². The Balaban J connectivity index is 2.77. The minimum absolute atomic E-state index is 0.0104. The lowest BCUT2D eigenvalue weighted by molar-refractivity contribution is -0.129. The van der Waals surface area contributed by atoms with Crippen molar-refractivity contribution in [2.45, 2.75) is 19.9 Å². The molecule has 0 aromatic heterocycles. The third-order valence-corrected chi connectivity index (χ3v) is 2.37. The molecule has 1 N–H and O–H groups in total. The SMILES string of the molecule is Cc1cc(F)ccc1NC(C)C(=O)N(C)C. The van der Waals surface area contributed by atoms with Gasteiger partial charge in [0.25, 0.3) is 0 Å². The summed E-state index contributed by atoms with van der Waals surface area (Å²) in [5.74, 6) is -0.279. The number of nitrogens with one attached hydrogen (secondary N) is 1. The topological polar surface area (TPSA) is 32.3 Å². The van der Waals surface area contributed by atoms with E-state index in [1.54, 1.807) is 34.0 Å².